The normalized spacial score (nSPS) is 15.1. The fourth-order valence-electron chi connectivity index (χ4n) is 2.10. The van der Waals surface area contributed by atoms with Crippen molar-refractivity contribution >= 4 is 0 Å². The molecule has 0 aliphatic heterocycles. The predicted molar refractivity (Wildman–Crippen MR) is 64.0 cm³/mol. The molecule has 1 N–H and O–H groups in total. The molecule has 0 aliphatic carbocycles. The molecule has 2 heteroatoms. The fraction of sp³-hybridized carbons (Fsp3) is 0.692. The third-order valence-electron chi connectivity index (χ3n) is 2.84. The smallest absolute Gasteiger partial charge is 0.104 e. The summed E-state index contributed by atoms with van der Waals surface area (Å²) in [7, 11) is 0. The summed E-state index contributed by atoms with van der Waals surface area (Å²) in [5, 5.41) is 3.44. The number of nitrogens with one attached hydrogen (secondary N) is 1. The van der Waals surface area contributed by atoms with Gasteiger partial charge in [0.25, 0.3) is 0 Å². The molecule has 0 amide bonds. The van der Waals surface area contributed by atoms with E-state index in [1.165, 1.54) is 12.8 Å². The molecule has 0 aromatic carbocycles. The molecular formula is C13H23NO. The van der Waals surface area contributed by atoms with Crippen molar-refractivity contribution in [2.45, 2.75) is 40.0 Å². The van der Waals surface area contributed by atoms with Crippen LogP contribution in [-0.2, 0) is 6.42 Å². The quantitative estimate of drug-likeness (QED) is 0.745. The van der Waals surface area contributed by atoms with Gasteiger partial charge in [-0.1, -0.05) is 27.2 Å². The van der Waals surface area contributed by atoms with Crippen LogP contribution in [0.25, 0.3) is 0 Å². The Hall–Kier alpha value is -0.760. The van der Waals surface area contributed by atoms with E-state index in [0.29, 0.717) is 5.41 Å². The van der Waals surface area contributed by atoms with E-state index in [0.717, 1.165) is 25.3 Å². The highest BCUT2D eigenvalue weighted by Gasteiger charge is 2.24. The Morgan fingerprint density at radius 1 is 1.40 bits per heavy atom. The second-order valence-electron chi connectivity index (χ2n) is 4.60. The van der Waals surface area contributed by atoms with Crippen molar-refractivity contribution in [3.05, 3.63) is 24.2 Å². The van der Waals surface area contributed by atoms with Gasteiger partial charge in [0.1, 0.15) is 5.76 Å². The first-order valence-corrected chi connectivity index (χ1v) is 5.93. The molecule has 1 heterocycles. The van der Waals surface area contributed by atoms with Crippen LogP contribution in [0.4, 0.5) is 0 Å². The molecule has 86 valence electrons. The molecule has 1 aromatic heterocycles. The van der Waals surface area contributed by atoms with Crippen LogP contribution in [0, 0.1) is 5.41 Å². The maximum Gasteiger partial charge on any atom is 0.104 e. The maximum atomic E-state index is 5.43. The molecule has 1 unspecified atom stereocenters. The number of rotatable bonds is 7. The van der Waals surface area contributed by atoms with Gasteiger partial charge in [-0.05, 0) is 30.5 Å². The van der Waals surface area contributed by atoms with Crippen LogP contribution in [0.15, 0.2) is 22.8 Å². The van der Waals surface area contributed by atoms with E-state index in [-0.39, 0.29) is 0 Å². The molecule has 0 saturated heterocycles. The van der Waals surface area contributed by atoms with Gasteiger partial charge in [-0.25, -0.2) is 0 Å². The van der Waals surface area contributed by atoms with Gasteiger partial charge in [-0.15, -0.1) is 0 Å². The molecule has 2 nitrogen and oxygen atoms in total. The molecular weight excluding hydrogens is 186 g/mol. The molecule has 1 aromatic rings. The molecule has 1 atom stereocenters. The summed E-state index contributed by atoms with van der Waals surface area (Å²) in [5.74, 6) is 1.10. The maximum absolute atomic E-state index is 5.43. The summed E-state index contributed by atoms with van der Waals surface area (Å²) in [4.78, 5) is 0. The molecule has 0 spiro atoms. The summed E-state index contributed by atoms with van der Waals surface area (Å²) in [6.45, 7) is 8.84. The van der Waals surface area contributed by atoms with E-state index in [2.05, 4.69) is 32.2 Å². The molecule has 0 fully saturated rings. The summed E-state index contributed by atoms with van der Waals surface area (Å²) in [5.41, 5.74) is 0.322. The molecule has 1 rings (SSSR count). The molecule has 0 radical (unpaired) electrons. The van der Waals surface area contributed by atoms with Gasteiger partial charge in [-0.2, -0.15) is 0 Å². The van der Waals surface area contributed by atoms with Gasteiger partial charge in [-0.3, -0.25) is 0 Å². The van der Waals surface area contributed by atoms with Crippen molar-refractivity contribution in [2.75, 3.05) is 13.1 Å². The van der Waals surface area contributed by atoms with E-state index in [1.807, 2.05) is 6.07 Å². The predicted octanol–water partition coefficient (Wildman–Crippen LogP) is 3.24. The van der Waals surface area contributed by atoms with Crippen molar-refractivity contribution in [1.82, 2.24) is 5.32 Å². The van der Waals surface area contributed by atoms with Gasteiger partial charge in [0.2, 0.25) is 0 Å². The van der Waals surface area contributed by atoms with Crippen LogP contribution < -0.4 is 5.32 Å². The third-order valence-corrected chi connectivity index (χ3v) is 2.84. The lowest BCUT2D eigenvalue weighted by Gasteiger charge is -2.28. The minimum atomic E-state index is 0.322. The third kappa shape index (κ3) is 4.08. The van der Waals surface area contributed by atoms with Crippen molar-refractivity contribution in [1.29, 1.82) is 0 Å². The zero-order chi connectivity index (χ0) is 11.1. The Morgan fingerprint density at radius 2 is 2.20 bits per heavy atom. The first-order valence-electron chi connectivity index (χ1n) is 5.93. The number of hydrogen-bond donors (Lipinski definition) is 1. The van der Waals surface area contributed by atoms with E-state index >= 15 is 0 Å². The molecule has 0 aliphatic rings. The first-order chi connectivity index (χ1) is 7.20. The Kier molecular flexibility index (Phi) is 4.89. The van der Waals surface area contributed by atoms with Crippen LogP contribution >= 0.6 is 0 Å². The SMILES string of the molecule is CCCC(C)(CNCC)Cc1ccco1. The highest BCUT2D eigenvalue weighted by Crippen LogP contribution is 2.27. The lowest BCUT2D eigenvalue weighted by atomic mass is 9.81. The second kappa shape index (κ2) is 5.96. The summed E-state index contributed by atoms with van der Waals surface area (Å²) >= 11 is 0. The first kappa shape index (κ1) is 12.3. The monoisotopic (exact) mass is 209 g/mol. The average Bonchev–Trinajstić information content (AvgIpc) is 2.68. The Balaban J connectivity index is 2.55. The van der Waals surface area contributed by atoms with Crippen molar-refractivity contribution in [3.8, 4) is 0 Å². The Morgan fingerprint density at radius 3 is 2.73 bits per heavy atom. The summed E-state index contributed by atoms with van der Waals surface area (Å²) < 4.78 is 5.43. The van der Waals surface area contributed by atoms with Crippen molar-refractivity contribution in [2.24, 2.45) is 5.41 Å². The van der Waals surface area contributed by atoms with Crippen molar-refractivity contribution < 1.29 is 4.42 Å². The highest BCUT2D eigenvalue weighted by molar-refractivity contribution is 5.02. The van der Waals surface area contributed by atoms with E-state index in [4.69, 9.17) is 4.42 Å². The van der Waals surface area contributed by atoms with E-state index < -0.39 is 0 Å². The minimum Gasteiger partial charge on any atom is -0.469 e. The van der Waals surface area contributed by atoms with Crippen LogP contribution in [0.2, 0.25) is 0 Å². The van der Waals surface area contributed by atoms with Crippen molar-refractivity contribution in [3.63, 3.8) is 0 Å². The highest BCUT2D eigenvalue weighted by atomic mass is 16.3. The standard InChI is InChI=1S/C13H23NO/c1-4-8-13(3,11-14-5-2)10-12-7-6-9-15-12/h6-7,9,14H,4-5,8,10-11H2,1-3H3. The van der Waals surface area contributed by atoms with Gasteiger partial charge in [0, 0.05) is 13.0 Å². The zero-order valence-corrected chi connectivity index (χ0v) is 10.2. The van der Waals surface area contributed by atoms with Gasteiger partial charge >= 0.3 is 0 Å². The minimum absolute atomic E-state index is 0.322. The molecule has 0 saturated carbocycles. The fourth-order valence-corrected chi connectivity index (χ4v) is 2.10. The lowest BCUT2D eigenvalue weighted by molar-refractivity contribution is 0.258. The van der Waals surface area contributed by atoms with Crippen LogP contribution in [0.3, 0.4) is 0 Å². The Bertz CT molecular complexity index is 256. The zero-order valence-electron chi connectivity index (χ0n) is 10.2. The van der Waals surface area contributed by atoms with Gasteiger partial charge in [0.05, 0.1) is 6.26 Å². The largest absolute Gasteiger partial charge is 0.469 e. The number of furan rings is 1. The molecule has 15 heavy (non-hydrogen) atoms. The average molecular weight is 209 g/mol. The van der Waals surface area contributed by atoms with E-state index in [9.17, 15) is 0 Å². The summed E-state index contributed by atoms with van der Waals surface area (Å²) in [6.07, 6.45) is 5.25. The Labute approximate surface area is 93.1 Å². The van der Waals surface area contributed by atoms with E-state index in [1.54, 1.807) is 6.26 Å². The van der Waals surface area contributed by atoms with Gasteiger partial charge < -0.3 is 9.73 Å². The lowest BCUT2D eigenvalue weighted by Crippen LogP contribution is -2.33. The summed E-state index contributed by atoms with van der Waals surface area (Å²) in [6, 6.07) is 4.04. The van der Waals surface area contributed by atoms with Gasteiger partial charge in [0.15, 0.2) is 0 Å². The number of hydrogen-bond acceptors (Lipinski definition) is 2. The van der Waals surface area contributed by atoms with Crippen LogP contribution in [0.1, 0.15) is 39.4 Å². The second-order valence-corrected chi connectivity index (χ2v) is 4.60. The van der Waals surface area contributed by atoms with Crippen LogP contribution in [0.5, 0.6) is 0 Å². The van der Waals surface area contributed by atoms with Crippen LogP contribution in [-0.4, -0.2) is 13.1 Å². The molecule has 0 bridgehead atoms. The topological polar surface area (TPSA) is 25.2 Å².